The summed E-state index contributed by atoms with van der Waals surface area (Å²) < 4.78 is 5.51. The molecule has 1 saturated heterocycles. The third-order valence-corrected chi connectivity index (χ3v) is 17.2. The van der Waals surface area contributed by atoms with Gasteiger partial charge in [0.25, 0.3) is 0 Å². The summed E-state index contributed by atoms with van der Waals surface area (Å²) in [7, 11) is -2.23. The number of hydrogen-bond donors (Lipinski definition) is 16. The number of benzene rings is 1. The van der Waals surface area contributed by atoms with Crippen LogP contribution in [0.3, 0.4) is 0 Å². The summed E-state index contributed by atoms with van der Waals surface area (Å²) in [5, 5.41) is 61.6. The van der Waals surface area contributed by atoms with Gasteiger partial charge in [-0.05, 0) is 89.0 Å². The molecule has 31 nitrogen and oxygen atoms in total. The van der Waals surface area contributed by atoms with Crippen LogP contribution in [-0.2, 0) is 63.9 Å². The third-order valence-electron chi connectivity index (χ3n) is 15.6. The summed E-state index contributed by atoms with van der Waals surface area (Å²) in [4.78, 5) is 181. The van der Waals surface area contributed by atoms with Crippen molar-refractivity contribution in [3.63, 3.8) is 0 Å². The van der Waals surface area contributed by atoms with E-state index in [0.717, 1.165) is 0 Å². The van der Waals surface area contributed by atoms with Gasteiger partial charge in [-0.1, -0.05) is 103 Å². The molecule has 96 heavy (non-hydrogen) atoms. The third kappa shape index (κ3) is 27.6. The zero-order chi connectivity index (χ0) is 72.4. The van der Waals surface area contributed by atoms with Crippen LogP contribution in [-0.4, -0.2) is 197 Å². The Kier molecular flexibility index (Phi) is 33.0. The molecule has 1 aromatic carbocycles. The normalized spacial score (nSPS) is 23.7. The molecule has 32 heteroatoms. The highest BCUT2D eigenvalue weighted by molar-refractivity contribution is 6.76. The predicted molar refractivity (Wildman–Crippen MR) is 358 cm³/mol. The quantitative estimate of drug-likeness (QED) is 0.0263. The first-order valence-electron chi connectivity index (χ1n) is 32.4. The number of nitrogens with zero attached hydrogens (tertiary/aromatic N) is 2. The maximum absolute atomic E-state index is 15.7. The SMILES string of the molecule is CCC[C@@H]1NC(=O)[C@H]([C@H](O)C(C)C)NC(=O)[C@@H](CC(=O)[C@H](Cc2cccnc2)NC(=O)[C@@H](C[Si](C)(C)C)NC(=O)OC(C)(C)C)[C@@H](c2ccccc2)NC(=O)C(CO)NC(=O)[C@H](C)NC(=O)CNC(=O)[C@H]([C@H](C)O)NC(=O)[C@H]([C@@H](C)CC)NC(=O)[C@@H](CCCN=C(N)N)NC1=O. The van der Waals surface area contributed by atoms with E-state index in [1.54, 1.807) is 59.7 Å². The van der Waals surface area contributed by atoms with E-state index >= 15 is 9.59 Å². The molecule has 1 aromatic heterocycles. The zero-order valence-electron chi connectivity index (χ0n) is 57.3. The number of aliphatic imine (C=N–C) groups is 1. The van der Waals surface area contributed by atoms with Gasteiger partial charge in [-0.15, -0.1) is 0 Å². The van der Waals surface area contributed by atoms with Crippen LogP contribution in [0, 0.1) is 17.8 Å². The number of Topliss-reactive ketones (excluding diaryl/α,β-unsaturated/α-hetero) is 1. The van der Waals surface area contributed by atoms with Gasteiger partial charge in [0, 0.05) is 39.9 Å². The number of pyridine rings is 1. The van der Waals surface area contributed by atoms with Crippen molar-refractivity contribution < 1.29 is 77.6 Å². The molecule has 1 aliphatic heterocycles. The summed E-state index contributed by atoms with van der Waals surface area (Å²) in [6.45, 7) is 19.3. The molecule has 0 radical (unpaired) electrons. The average molecular weight is 1370 g/mol. The monoisotopic (exact) mass is 1370 g/mol. The molecule has 0 bridgehead atoms. The molecule has 3 rings (SSSR count). The van der Waals surface area contributed by atoms with E-state index in [0.29, 0.717) is 5.56 Å². The first-order chi connectivity index (χ1) is 44.9. The molecule has 534 valence electrons. The second kappa shape index (κ2) is 38.8. The van der Waals surface area contributed by atoms with Crippen molar-refractivity contribution in [3.8, 4) is 0 Å². The van der Waals surface area contributed by atoms with Crippen LogP contribution in [0.5, 0.6) is 0 Å². The number of guanidine groups is 1. The second-order valence-electron chi connectivity index (χ2n) is 26.7. The van der Waals surface area contributed by atoms with Crippen LogP contribution < -0.4 is 70.0 Å². The zero-order valence-corrected chi connectivity index (χ0v) is 58.3. The minimum Gasteiger partial charge on any atom is -0.444 e. The Balaban J connectivity index is 2.40. The summed E-state index contributed by atoms with van der Waals surface area (Å²) >= 11 is 0. The highest BCUT2D eigenvalue weighted by Crippen LogP contribution is 2.28. The topological polar surface area (TPSA) is 484 Å². The van der Waals surface area contributed by atoms with E-state index in [9.17, 15) is 63.3 Å². The number of ketones is 1. The summed E-state index contributed by atoms with van der Waals surface area (Å²) in [5.74, 6) is -14.5. The van der Waals surface area contributed by atoms with Crippen molar-refractivity contribution in [2.45, 2.75) is 218 Å². The summed E-state index contributed by atoms with van der Waals surface area (Å²) in [6.07, 6.45) is -2.14. The van der Waals surface area contributed by atoms with E-state index in [2.05, 4.69) is 68.5 Å². The number of amides is 11. The van der Waals surface area contributed by atoms with E-state index in [1.807, 2.05) is 19.6 Å². The Hall–Kier alpha value is -8.62. The predicted octanol–water partition coefficient (Wildman–Crippen LogP) is -1.39. The molecule has 1 unspecified atom stereocenters. The van der Waals surface area contributed by atoms with Gasteiger partial charge in [0.05, 0.1) is 43.4 Å². The average Bonchev–Trinajstić information content (AvgIpc) is 0.816. The Labute approximate surface area is 561 Å². The molecule has 11 amide bonds. The van der Waals surface area contributed by atoms with Gasteiger partial charge < -0.3 is 90.0 Å². The van der Waals surface area contributed by atoms with Crippen molar-refractivity contribution in [2.24, 2.45) is 34.2 Å². The van der Waals surface area contributed by atoms with E-state index in [-0.39, 0.29) is 62.6 Å². The molecular weight excluding hydrogens is 1260 g/mol. The lowest BCUT2D eigenvalue weighted by Gasteiger charge is -2.33. The van der Waals surface area contributed by atoms with Crippen molar-refractivity contribution in [1.82, 2.24) is 63.5 Å². The molecule has 14 atom stereocenters. The number of aliphatic hydroxyl groups is 3. The van der Waals surface area contributed by atoms with Gasteiger partial charge in [0.15, 0.2) is 11.7 Å². The van der Waals surface area contributed by atoms with Gasteiger partial charge in [0.2, 0.25) is 59.1 Å². The van der Waals surface area contributed by atoms with E-state index in [1.165, 1.54) is 64.4 Å². The van der Waals surface area contributed by atoms with Crippen molar-refractivity contribution in [2.75, 3.05) is 19.7 Å². The molecule has 0 saturated carbocycles. The molecule has 1 fully saturated rings. The Morgan fingerprint density at radius 3 is 1.85 bits per heavy atom. The molecule has 0 aliphatic carbocycles. The second-order valence-corrected chi connectivity index (χ2v) is 32.2. The number of carbonyl (C=O) groups excluding carboxylic acids is 12. The number of hydrogen-bond acceptors (Lipinski definition) is 18. The van der Waals surface area contributed by atoms with E-state index in [4.69, 9.17) is 16.2 Å². The summed E-state index contributed by atoms with van der Waals surface area (Å²) in [6, 6.07) is -4.78. The number of aromatic nitrogens is 1. The van der Waals surface area contributed by atoms with Crippen LogP contribution in [0.4, 0.5) is 4.79 Å². The highest BCUT2D eigenvalue weighted by atomic mass is 28.3. The maximum atomic E-state index is 15.7. The van der Waals surface area contributed by atoms with Crippen molar-refractivity contribution >= 4 is 85.0 Å². The Morgan fingerprint density at radius 2 is 1.29 bits per heavy atom. The minimum atomic E-state index is -2.23. The molecule has 2 heterocycles. The first-order valence-corrected chi connectivity index (χ1v) is 36.1. The number of aliphatic hydroxyl groups excluding tert-OH is 3. The van der Waals surface area contributed by atoms with Crippen molar-refractivity contribution in [3.05, 3.63) is 66.0 Å². The van der Waals surface area contributed by atoms with Crippen LogP contribution in [0.15, 0.2) is 59.9 Å². The molecule has 2 aromatic rings. The number of carbonyl (C=O) groups is 12. The molecule has 0 spiro atoms. The van der Waals surface area contributed by atoms with Crippen LogP contribution in [0.1, 0.15) is 125 Å². The molecular formula is C64H103N15O16Si. The van der Waals surface area contributed by atoms with Gasteiger partial charge in [0.1, 0.15) is 53.9 Å². The Morgan fingerprint density at radius 1 is 0.708 bits per heavy atom. The molecule has 1 aliphatic rings. The summed E-state index contributed by atoms with van der Waals surface area (Å²) in [5.41, 5.74) is 10.8. The van der Waals surface area contributed by atoms with E-state index < -0.39 is 195 Å². The highest BCUT2D eigenvalue weighted by Gasteiger charge is 2.43. The molecule has 18 N–H and O–H groups in total. The first kappa shape index (κ1) is 81.6. The fourth-order valence-corrected chi connectivity index (χ4v) is 11.7. The lowest BCUT2D eigenvalue weighted by Crippen LogP contribution is -2.62. The number of ether oxygens (including phenoxy) is 1. The van der Waals surface area contributed by atoms with Gasteiger partial charge in [-0.3, -0.25) is 62.7 Å². The maximum Gasteiger partial charge on any atom is 0.408 e. The lowest BCUT2D eigenvalue weighted by molar-refractivity contribution is -0.139. The number of alkyl carbamates (subject to hydrolysis) is 1. The number of nitrogens with two attached hydrogens (primary N) is 2. The fourth-order valence-electron chi connectivity index (χ4n) is 10.1. The smallest absolute Gasteiger partial charge is 0.408 e. The Bertz CT molecular complexity index is 3000. The van der Waals surface area contributed by atoms with Gasteiger partial charge >= 0.3 is 6.09 Å². The number of rotatable bonds is 23. The number of nitrogens with one attached hydrogen (secondary N) is 11. The van der Waals surface area contributed by atoms with Crippen LogP contribution >= 0.6 is 0 Å². The van der Waals surface area contributed by atoms with Gasteiger partial charge in [-0.25, -0.2) is 4.79 Å². The van der Waals surface area contributed by atoms with Gasteiger partial charge in [-0.2, -0.15) is 0 Å². The lowest BCUT2D eigenvalue weighted by atomic mass is 9.85. The van der Waals surface area contributed by atoms with Crippen LogP contribution in [0.25, 0.3) is 0 Å². The standard InChI is InChI=1S/C64H103N15O16Si/c1-14-21-41-55(87)71-42(25-20-27-68-62(65)66)56(88)76-48(35(5)15-2)60(92)77-49(37(7)81)59(91)69-31-47(83)70-36(6)53(85)74-44(32-80)57(89)78-50(39-23-17-16-18-24-39)40(54(86)79-51(61(93)72-41)52(84)34(3)4)29-46(82)43(28-38-22-19-26-67-30-38)73-58(90)45(33-96(11,12)13)75-63(94)95-64(8,9)10/h16-19,22-24,26,30,34-37,40-45,48-52,80-81,84H,14-15,20-21,25,27-29,31-33H2,1-13H3,(H,69,91)(H,70,83)(H,71,87)(H,72,93)(H,73,90)(H,74,85)(H,75,94)(H,76,88)(H,77,92)(H,78,89)(H,79,86)(H4,65,66,68)/t35-,36-,37-,40-,41-,42+,43-,44?,45+,48-,49-,50+,51-,52+/m0/s1. The largest absolute Gasteiger partial charge is 0.444 e. The fraction of sp³-hybridized carbons (Fsp3) is 0.625. The van der Waals surface area contributed by atoms with Crippen molar-refractivity contribution in [1.29, 1.82) is 0 Å². The minimum absolute atomic E-state index is 0.0219. The van der Waals surface area contributed by atoms with Crippen LogP contribution in [0.2, 0.25) is 25.7 Å².